The highest BCUT2D eigenvalue weighted by Gasteiger charge is 2.08. The van der Waals surface area contributed by atoms with Crippen LogP contribution in [0, 0.1) is 5.82 Å². The molecule has 0 fully saturated rings. The van der Waals surface area contributed by atoms with Gasteiger partial charge >= 0.3 is 0 Å². The zero-order valence-corrected chi connectivity index (χ0v) is 10.1. The van der Waals surface area contributed by atoms with E-state index in [2.05, 4.69) is 10.3 Å². The lowest BCUT2D eigenvalue weighted by molar-refractivity contribution is 0.569. The molecule has 2 aromatic rings. The van der Waals surface area contributed by atoms with Crippen LogP contribution in [-0.4, -0.2) is 11.5 Å². The topological polar surface area (TPSA) is 38.1 Å². The fraction of sp³-hybridized carbons (Fsp3) is 0.250. The Morgan fingerprint density at radius 2 is 2.29 bits per heavy atom. The van der Waals surface area contributed by atoms with E-state index in [1.165, 1.54) is 12.1 Å². The minimum absolute atomic E-state index is 0.0909. The van der Waals surface area contributed by atoms with Crippen molar-refractivity contribution >= 4 is 11.6 Å². The van der Waals surface area contributed by atoms with Gasteiger partial charge in [-0.2, -0.15) is 0 Å². The van der Waals surface area contributed by atoms with Gasteiger partial charge in [0.05, 0.1) is 10.7 Å². The largest absolute Gasteiger partial charge is 0.444 e. The lowest BCUT2D eigenvalue weighted by Crippen LogP contribution is -2.11. The Morgan fingerprint density at radius 1 is 1.47 bits per heavy atom. The molecule has 0 aliphatic carbocycles. The van der Waals surface area contributed by atoms with Gasteiger partial charge < -0.3 is 9.73 Å². The average Bonchev–Trinajstić information content (AvgIpc) is 2.79. The van der Waals surface area contributed by atoms with Crippen molar-refractivity contribution in [2.75, 3.05) is 6.54 Å². The first kappa shape index (κ1) is 12.1. The zero-order chi connectivity index (χ0) is 12.3. The number of halogens is 2. The Kier molecular flexibility index (Phi) is 3.76. The molecule has 0 unspecified atom stereocenters. The van der Waals surface area contributed by atoms with Crippen LogP contribution in [0.3, 0.4) is 0 Å². The molecule has 1 N–H and O–H groups in total. The molecule has 1 heterocycles. The Balaban J connectivity index is 2.21. The highest BCUT2D eigenvalue weighted by Crippen LogP contribution is 2.23. The van der Waals surface area contributed by atoms with Crippen LogP contribution in [0.4, 0.5) is 4.39 Å². The maximum atomic E-state index is 13.3. The summed E-state index contributed by atoms with van der Waals surface area (Å²) in [7, 11) is 0. The number of nitrogens with one attached hydrogen (secondary N) is 1. The summed E-state index contributed by atoms with van der Waals surface area (Å²) in [6.45, 7) is 3.50. The van der Waals surface area contributed by atoms with E-state index >= 15 is 0 Å². The van der Waals surface area contributed by atoms with Crippen LogP contribution in [0.1, 0.15) is 12.6 Å². The van der Waals surface area contributed by atoms with Crippen molar-refractivity contribution in [1.82, 2.24) is 10.3 Å². The molecule has 90 valence electrons. The maximum Gasteiger partial charge on any atom is 0.226 e. The molecule has 3 nitrogen and oxygen atoms in total. The van der Waals surface area contributed by atoms with Crippen LogP contribution < -0.4 is 5.32 Å². The number of nitrogens with zero attached hydrogens (tertiary/aromatic N) is 1. The number of hydrogen-bond acceptors (Lipinski definition) is 3. The monoisotopic (exact) mass is 254 g/mol. The molecule has 2 rings (SSSR count). The van der Waals surface area contributed by atoms with Gasteiger partial charge in [-0.3, -0.25) is 0 Å². The van der Waals surface area contributed by atoms with Gasteiger partial charge in [-0.1, -0.05) is 18.5 Å². The number of aromatic nitrogens is 1. The molecule has 0 aliphatic heterocycles. The fourth-order valence-corrected chi connectivity index (χ4v) is 1.52. The van der Waals surface area contributed by atoms with Crippen molar-refractivity contribution in [3.63, 3.8) is 0 Å². The maximum absolute atomic E-state index is 13.3. The molecule has 17 heavy (non-hydrogen) atoms. The van der Waals surface area contributed by atoms with E-state index in [4.69, 9.17) is 16.0 Å². The van der Waals surface area contributed by atoms with Gasteiger partial charge in [-0.05, 0) is 24.7 Å². The quantitative estimate of drug-likeness (QED) is 0.910. The lowest BCUT2D eigenvalue weighted by atomic mass is 10.2. The van der Waals surface area contributed by atoms with Crippen molar-refractivity contribution in [3.8, 4) is 11.5 Å². The highest BCUT2D eigenvalue weighted by molar-refractivity contribution is 6.30. The summed E-state index contributed by atoms with van der Waals surface area (Å²) in [4.78, 5) is 4.25. The van der Waals surface area contributed by atoms with Crippen LogP contribution in [0.2, 0.25) is 5.02 Å². The molecule has 0 radical (unpaired) electrons. The van der Waals surface area contributed by atoms with Crippen molar-refractivity contribution in [3.05, 3.63) is 41.0 Å². The van der Waals surface area contributed by atoms with Crippen molar-refractivity contribution in [2.45, 2.75) is 13.5 Å². The number of benzene rings is 1. The molecule has 0 aliphatic rings. The first-order valence-electron chi connectivity index (χ1n) is 5.31. The molecule has 0 spiro atoms. The van der Waals surface area contributed by atoms with Crippen molar-refractivity contribution in [1.29, 1.82) is 0 Å². The molecule has 0 saturated carbocycles. The standard InChI is InChI=1S/C12H12ClFN2O/c1-2-15-6-9-7-17-12(16-9)8-3-4-10(13)11(14)5-8/h3-5,7,15H,2,6H2,1H3. The number of oxazole rings is 1. The van der Waals surface area contributed by atoms with E-state index in [9.17, 15) is 4.39 Å². The summed E-state index contributed by atoms with van der Waals surface area (Å²) in [5.74, 6) is -0.0796. The summed E-state index contributed by atoms with van der Waals surface area (Å²) in [5, 5.41) is 3.22. The Labute approximate surface area is 104 Å². The van der Waals surface area contributed by atoms with Crippen LogP contribution in [-0.2, 0) is 6.54 Å². The first-order valence-corrected chi connectivity index (χ1v) is 5.69. The van der Waals surface area contributed by atoms with Crippen molar-refractivity contribution < 1.29 is 8.81 Å². The predicted octanol–water partition coefficient (Wildman–Crippen LogP) is 3.24. The second-order valence-corrected chi connectivity index (χ2v) is 3.96. The van der Waals surface area contributed by atoms with Crippen LogP contribution >= 0.6 is 11.6 Å². The van der Waals surface area contributed by atoms with Crippen LogP contribution in [0.15, 0.2) is 28.9 Å². The summed E-state index contributed by atoms with van der Waals surface area (Å²) in [6.07, 6.45) is 1.56. The third-order valence-corrected chi connectivity index (χ3v) is 2.58. The van der Waals surface area contributed by atoms with Crippen LogP contribution in [0.25, 0.3) is 11.5 Å². The molecule has 0 amide bonds. The highest BCUT2D eigenvalue weighted by atomic mass is 35.5. The molecular weight excluding hydrogens is 243 g/mol. The zero-order valence-electron chi connectivity index (χ0n) is 9.34. The summed E-state index contributed by atoms with van der Waals surface area (Å²) in [5.41, 5.74) is 1.37. The minimum Gasteiger partial charge on any atom is -0.444 e. The van der Waals surface area contributed by atoms with Gasteiger partial charge in [0.1, 0.15) is 12.1 Å². The van der Waals surface area contributed by atoms with Gasteiger partial charge in [0.25, 0.3) is 0 Å². The van der Waals surface area contributed by atoms with Crippen molar-refractivity contribution in [2.24, 2.45) is 0 Å². The number of hydrogen-bond donors (Lipinski definition) is 1. The van der Waals surface area contributed by atoms with E-state index in [0.717, 1.165) is 12.2 Å². The van der Waals surface area contributed by atoms with Gasteiger partial charge in [0.15, 0.2) is 0 Å². The molecule has 0 bridgehead atoms. The smallest absolute Gasteiger partial charge is 0.226 e. The molecule has 0 saturated heterocycles. The van der Waals surface area contributed by atoms with E-state index in [-0.39, 0.29) is 5.02 Å². The molecule has 1 aromatic carbocycles. The van der Waals surface area contributed by atoms with E-state index in [1.54, 1.807) is 12.3 Å². The van der Waals surface area contributed by atoms with Gasteiger partial charge in [0.2, 0.25) is 5.89 Å². The predicted molar refractivity (Wildman–Crippen MR) is 64.3 cm³/mol. The third kappa shape index (κ3) is 2.84. The van der Waals surface area contributed by atoms with E-state index in [1.807, 2.05) is 6.92 Å². The second kappa shape index (κ2) is 5.29. The average molecular weight is 255 g/mol. The Morgan fingerprint density at radius 3 is 3.00 bits per heavy atom. The third-order valence-electron chi connectivity index (χ3n) is 2.27. The molecule has 0 atom stereocenters. The lowest BCUT2D eigenvalue weighted by Gasteiger charge is -1.97. The van der Waals surface area contributed by atoms with Crippen LogP contribution in [0.5, 0.6) is 0 Å². The summed E-state index contributed by atoms with van der Waals surface area (Å²) in [6, 6.07) is 4.47. The minimum atomic E-state index is -0.476. The molecule has 1 aromatic heterocycles. The Hall–Kier alpha value is -1.39. The number of rotatable bonds is 4. The summed E-state index contributed by atoms with van der Waals surface area (Å²) < 4.78 is 18.5. The molecule has 5 heteroatoms. The van der Waals surface area contributed by atoms with Gasteiger partial charge in [-0.15, -0.1) is 0 Å². The van der Waals surface area contributed by atoms with E-state index in [0.29, 0.717) is 18.0 Å². The fourth-order valence-electron chi connectivity index (χ4n) is 1.40. The van der Waals surface area contributed by atoms with E-state index < -0.39 is 5.82 Å². The second-order valence-electron chi connectivity index (χ2n) is 3.55. The van der Waals surface area contributed by atoms with Gasteiger partial charge in [0, 0.05) is 12.1 Å². The Bertz CT molecular complexity index is 513. The van der Waals surface area contributed by atoms with Gasteiger partial charge in [-0.25, -0.2) is 9.37 Å². The normalized spacial score (nSPS) is 10.8. The SMILES string of the molecule is CCNCc1coc(-c2ccc(Cl)c(F)c2)n1. The summed E-state index contributed by atoms with van der Waals surface area (Å²) >= 11 is 5.61. The molecular formula is C12H12ClFN2O. The first-order chi connectivity index (χ1) is 8.20.